The third-order valence-electron chi connectivity index (χ3n) is 6.03. The molecule has 1 aliphatic rings. The second-order valence-corrected chi connectivity index (χ2v) is 9.79. The van der Waals surface area contributed by atoms with Gasteiger partial charge in [0.15, 0.2) is 0 Å². The Kier molecular flexibility index (Phi) is 9.23. The molecule has 10 heteroatoms. The van der Waals surface area contributed by atoms with Crippen molar-refractivity contribution >= 4 is 46.3 Å². The summed E-state index contributed by atoms with van der Waals surface area (Å²) >= 11 is 1.27. The zero-order chi connectivity index (χ0) is 26.9. The first-order valence-electron chi connectivity index (χ1n) is 12.4. The first-order chi connectivity index (χ1) is 18.4. The summed E-state index contributed by atoms with van der Waals surface area (Å²) in [5, 5.41) is 10.1. The molecule has 2 heterocycles. The van der Waals surface area contributed by atoms with Gasteiger partial charge in [0.2, 0.25) is 17.7 Å². The van der Waals surface area contributed by atoms with E-state index in [2.05, 4.69) is 16.0 Å². The van der Waals surface area contributed by atoms with E-state index in [1.807, 2.05) is 6.07 Å². The standard InChI is InChI=1S/C28H30N4O5S/c1-19(33)31-21-11-13-22(14-12-21)32(25(34)18-30-27(35)24-10-6-16-38-24)26(20-7-3-2-4-8-20)28(36)29-17-23-9-5-15-37-23/h2-4,6-8,10-14,16,23,26H,5,9,15,17-18H2,1H3,(H,29,36)(H,30,35)(H,31,33)/t23-,26-/m0/s1. The molecule has 0 bridgehead atoms. The predicted molar refractivity (Wildman–Crippen MR) is 146 cm³/mol. The molecule has 4 rings (SSSR count). The number of hydrogen-bond donors (Lipinski definition) is 3. The summed E-state index contributed by atoms with van der Waals surface area (Å²) < 4.78 is 5.65. The molecule has 1 aromatic heterocycles. The number of hydrogen-bond acceptors (Lipinski definition) is 6. The van der Waals surface area contributed by atoms with Crippen molar-refractivity contribution in [3.05, 3.63) is 82.6 Å². The number of anilines is 2. The lowest BCUT2D eigenvalue weighted by molar-refractivity contribution is -0.126. The van der Waals surface area contributed by atoms with Crippen molar-refractivity contribution in [1.82, 2.24) is 10.6 Å². The molecule has 0 saturated carbocycles. The van der Waals surface area contributed by atoms with E-state index in [0.29, 0.717) is 35.0 Å². The van der Waals surface area contributed by atoms with E-state index < -0.39 is 11.9 Å². The smallest absolute Gasteiger partial charge is 0.261 e. The Labute approximate surface area is 225 Å². The molecule has 9 nitrogen and oxygen atoms in total. The highest BCUT2D eigenvalue weighted by molar-refractivity contribution is 7.12. The average Bonchev–Trinajstić information content (AvgIpc) is 3.64. The molecule has 2 aromatic carbocycles. The third kappa shape index (κ3) is 7.05. The molecule has 1 aliphatic heterocycles. The largest absolute Gasteiger partial charge is 0.376 e. The second kappa shape index (κ2) is 13.0. The zero-order valence-corrected chi connectivity index (χ0v) is 21.8. The molecule has 1 fully saturated rings. The maximum atomic E-state index is 13.7. The summed E-state index contributed by atoms with van der Waals surface area (Å²) in [5.41, 5.74) is 1.61. The molecule has 4 amide bonds. The molecule has 2 atom stereocenters. The number of benzene rings is 2. The summed E-state index contributed by atoms with van der Waals surface area (Å²) in [4.78, 5) is 53.2. The van der Waals surface area contributed by atoms with Crippen LogP contribution >= 0.6 is 11.3 Å². The van der Waals surface area contributed by atoms with Crippen LogP contribution in [0.15, 0.2) is 72.1 Å². The number of nitrogens with one attached hydrogen (secondary N) is 3. The molecule has 0 unspecified atom stereocenters. The van der Waals surface area contributed by atoms with Crippen LogP contribution in [0.4, 0.5) is 11.4 Å². The first kappa shape index (κ1) is 27.0. The molecular formula is C28H30N4O5S. The van der Waals surface area contributed by atoms with Crippen LogP contribution in [0.2, 0.25) is 0 Å². The number of carbonyl (C=O) groups is 4. The average molecular weight is 535 g/mol. The third-order valence-corrected chi connectivity index (χ3v) is 6.90. The molecular weight excluding hydrogens is 504 g/mol. The lowest BCUT2D eigenvalue weighted by Gasteiger charge is -2.32. The van der Waals surface area contributed by atoms with Gasteiger partial charge in [0, 0.05) is 31.5 Å². The highest BCUT2D eigenvalue weighted by atomic mass is 32.1. The zero-order valence-electron chi connectivity index (χ0n) is 21.0. The fourth-order valence-electron chi connectivity index (χ4n) is 4.25. The predicted octanol–water partition coefficient (Wildman–Crippen LogP) is 3.51. The maximum absolute atomic E-state index is 13.7. The highest BCUT2D eigenvalue weighted by Gasteiger charge is 2.33. The Bertz CT molecular complexity index is 1240. The van der Waals surface area contributed by atoms with Crippen LogP contribution in [0, 0.1) is 0 Å². The van der Waals surface area contributed by atoms with Gasteiger partial charge < -0.3 is 20.7 Å². The van der Waals surface area contributed by atoms with Gasteiger partial charge in [0.25, 0.3) is 5.91 Å². The summed E-state index contributed by atoms with van der Waals surface area (Å²) in [5.74, 6) is -1.43. The summed E-state index contributed by atoms with van der Waals surface area (Å²) in [6.07, 6.45) is 1.73. The molecule has 0 radical (unpaired) electrons. The van der Waals surface area contributed by atoms with Gasteiger partial charge in [-0.1, -0.05) is 36.4 Å². The van der Waals surface area contributed by atoms with Crippen molar-refractivity contribution < 1.29 is 23.9 Å². The topological polar surface area (TPSA) is 117 Å². The van der Waals surface area contributed by atoms with Crippen LogP contribution < -0.4 is 20.9 Å². The fourth-order valence-corrected chi connectivity index (χ4v) is 4.89. The minimum Gasteiger partial charge on any atom is -0.376 e. The Morgan fingerprint density at radius 3 is 2.39 bits per heavy atom. The lowest BCUT2D eigenvalue weighted by atomic mass is 10.0. The van der Waals surface area contributed by atoms with E-state index in [9.17, 15) is 19.2 Å². The van der Waals surface area contributed by atoms with Crippen molar-refractivity contribution in [3.63, 3.8) is 0 Å². The van der Waals surface area contributed by atoms with Gasteiger partial charge in [0.1, 0.15) is 6.04 Å². The second-order valence-electron chi connectivity index (χ2n) is 8.85. The van der Waals surface area contributed by atoms with Gasteiger partial charge in [-0.15, -0.1) is 11.3 Å². The Hall–Kier alpha value is -4.02. The van der Waals surface area contributed by atoms with Crippen molar-refractivity contribution in [2.75, 3.05) is 29.9 Å². The summed E-state index contributed by atoms with van der Waals surface area (Å²) in [6.45, 7) is 2.09. The monoisotopic (exact) mass is 534 g/mol. The molecule has 198 valence electrons. The SMILES string of the molecule is CC(=O)Nc1ccc(N(C(=O)CNC(=O)c2cccs2)[C@H](C(=O)NC[C@@H]2CCCO2)c2ccccc2)cc1. The minimum atomic E-state index is -1.00. The van der Waals surface area contributed by atoms with Gasteiger partial charge in [-0.05, 0) is 54.1 Å². The van der Waals surface area contributed by atoms with Gasteiger partial charge in [-0.3, -0.25) is 24.1 Å². The van der Waals surface area contributed by atoms with Crippen molar-refractivity contribution in [3.8, 4) is 0 Å². The van der Waals surface area contributed by atoms with Crippen molar-refractivity contribution in [1.29, 1.82) is 0 Å². The van der Waals surface area contributed by atoms with Crippen LogP contribution in [0.3, 0.4) is 0 Å². The number of thiophene rings is 1. The number of nitrogens with zero attached hydrogens (tertiary/aromatic N) is 1. The molecule has 1 saturated heterocycles. The Morgan fingerprint density at radius 1 is 1.00 bits per heavy atom. The van der Waals surface area contributed by atoms with Gasteiger partial charge in [0.05, 0.1) is 17.5 Å². The number of amides is 4. The van der Waals surface area contributed by atoms with E-state index in [0.717, 1.165) is 12.8 Å². The van der Waals surface area contributed by atoms with E-state index in [1.165, 1.54) is 23.2 Å². The van der Waals surface area contributed by atoms with E-state index >= 15 is 0 Å². The number of rotatable bonds is 10. The quantitative estimate of drug-likeness (QED) is 0.368. The van der Waals surface area contributed by atoms with Crippen LogP contribution in [0.5, 0.6) is 0 Å². The Morgan fingerprint density at radius 2 is 1.76 bits per heavy atom. The number of carbonyl (C=O) groups excluding carboxylic acids is 4. The first-order valence-corrected chi connectivity index (χ1v) is 13.3. The Balaban J connectivity index is 1.64. The van der Waals surface area contributed by atoms with Crippen LogP contribution in [-0.2, 0) is 19.1 Å². The fraction of sp³-hybridized carbons (Fsp3) is 0.286. The molecule has 38 heavy (non-hydrogen) atoms. The molecule has 3 N–H and O–H groups in total. The van der Waals surface area contributed by atoms with E-state index in [-0.39, 0.29) is 30.4 Å². The maximum Gasteiger partial charge on any atom is 0.261 e. The highest BCUT2D eigenvalue weighted by Crippen LogP contribution is 2.29. The normalized spacial score (nSPS) is 15.3. The van der Waals surface area contributed by atoms with Gasteiger partial charge >= 0.3 is 0 Å². The van der Waals surface area contributed by atoms with Gasteiger partial charge in [-0.2, -0.15) is 0 Å². The minimum absolute atomic E-state index is 0.0680. The van der Waals surface area contributed by atoms with Crippen LogP contribution in [0.25, 0.3) is 0 Å². The van der Waals surface area contributed by atoms with Gasteiger partial charge in [-0.25, -0.2) is 0 Å². The molecule has 0 spiro atoms. The molecule has 0 aliphatic carbocycles. The van der Waals surface area contributed by atoms with Crippen LogP contribution in [0.1, 0.15) is 41.0 Å². The van der Waals surface area contributed by atoms with E-state index in [4.69, 9.17) is 4.74 Å². The van der Waals surface area contributed by atoms with Crippen LogP contribution in [-0.4, -0.2) is 49.4 Å². The van der Waals surface area contributed by atoms with Crippen molar-refractivity contribution in [2.45, 2.75) is 31.9 Å². The van der Waals surface area contributed by atoms with Crippen molar-refractivity contribution in [2.24, 2.45) is 0 Å². The summed E-state index contributed by atoms with van der Waals surface area (Å²) in [6, 6.07) is 18.1. The van der Waals surface area contributed by atoms with E-state index in [1.54, 1.807) is 66.0 Å². The lowest BCUT2D eigenvalue weighted by Crippen LogP contribution is -2.48. The number of ether oxygens (including phenoxy) is 1. The molecule has 3 aromatic rings. The summed E-state index contributed by atoms with van der Waals surface area (Å²) in [7, 11) is 0.